The van der Waals surface area contributed by atoms with Crippen LogP contribution in [0.2, 0.25) is 0 Å². The molecule has 116 valence electrons. The summed E-state index contributed by atoms with van der Waals surface area (Å²) in [5.74, 6) is 1.02. The fraction of sp³-hybridized carbons (Fsp3) is 0.357. The fourth-order valence-corrected chi connectivity index (χ4v) is 2.14. The van der Waals surface area contributed by atoms with Crippen molar-refractivity contribution in [3.8, 4) is 5.75 Å². The molecular formula is C14H13F3N4O. The summed E-state index contributed by atoms with van der Waals surface area (Å²) in [6, 6.07) is 4.45. The van der Waals surface area contributed by atoms with Crippen LogP contribution in [-0.4, -0.2) is 34.6 Å². The molecule has 0 spiro atoms. The Balaban J connectivity index is 1.53. The maximum absolute atomic E-state index is 12.6. The van der Waals surface area contributed by atoms with Gasteiger partial charge < -0.3 is 9.64 Å². The highest BCUT2D eigenvalue weighted by atomic mass is 19.4. The van der Waals surface area contributed by atoms with Crippen LogP contribution in [-0.2, 0) is 6.18 Å². The zero-order valence-corrected chi connectivity index (χ0v) is 11.5. The molecule has 0 unspecified atom stereocenters. The van der Waals surface area contributed by atoms with Gasteiger partial charge in [-0.3, -0.25) is 4.98 Å². The summed E-state index contributed by atoms with van der Waals surface area (Å²) in [5.41, 5.74) is -0.924. The molecule has 1 aliphatic rings. The minimum Gasteiger partial charge on any atom is -0.492 e. The predicted molar refractivity (Wildman–Crippen MR) is 72.5 cm³/mol. The summed E-state index contributed by atoms with van der Waals surface area (Å²) in [4.78, 5) is 13.1. The van der Waals surface area contributed by atoms with Crippen LogP contribution in [0.3, 0.4) is 0 Å². The van der Waals surface area contributed by atoms with Crippen LogP contribution in [0.4, 0.5) is 19.1 Å². The molecule has 1 aliphatic heterocycles. The van der Waals surface area contributed by atoms with Crippen molar-refractivity contribution in [3.63, 3.8) is 0 Å². The van der Waals surface area contributed by atoms with Gasteiger partial charge in [0.2, 0.25) is 5.95 Å². The molecule has 0 atom stereocenters. The van der Waals surface area contributed by atoms with E-state index in [-0.39, 0.29) is 11.9 Å². The number of ether oxygens (including phenoxy) is 1. The van der Waals surface area contributed by atoms with Gasteiger partial charge in [0.1, 0.15) is 11.4 Å². The van der Waals surface area contributed by atoms with Gasteiger partial charge in [0.25, 0.3) is 0 Å². The summed E-state index contributed by atoms with van der Waals surface area (Å²) in [5, 5.41) is 0. The molecule has 0 aromatic carbocycles. The van der Waals surface area contributed by atoms with E-state index in [0.717, 1.165) is 12.3 Å². The van der Waals surface area contributed by atoms with Crippen molar-refractivity contribution >= 4 is 5.95 Å². The van der Waals surface area contributed by atoms with Crippen LogP contribution in [0.25, 0.3) is 0 Å². The Morgan fingerprint density at radius 3 is 2.73 bits per heavy atom. The number of hydrogen-bond acceptors (Lipinski definition) is 5. The Labute approximate surface area is 124 Å². The maximum atomic E-state index is 12.6. The van der Waals surface area contributed by atoms with E-state index in [2.05, 4.69) is 15.0 Å². The zero-order valence-electron chi connectivity index (χ0n) is 11.5. The van der Waals surface area contributed by atoms with Crippen LogP contribution >= 0.6 is 0 Å². The monoisotopic (exact) mass is 310 g/mol. The van der Waals surface area contributed by atoms with Crippen molar-refractivity contribution in [3.05, 3.63) is 42.5 Å². The summed E-state index contributed by atoms with van der Waals surface area (Å²) >= 11 is 0. The molecule has 5 nitrogen and oxygen atoms in total. The molecule has 0 aliphatic carbocycles. The Bertz CT molecular complexity index is 629. The van der Waals surface area contributed by atoms with Gasteiger partial charge in [0, 0.05) is 31.4 Å². The minimum absolute atomic E-state index is 0.104. The first kappa shape index (κ1) is 14.6. The van der Waals surface area contributed by atoms with E-state index >= 15 is 0 Å². The molecule has 2 aromatic rings. The average molecular weight is 310 g/mol. The smallest absolute Gasteiger partial charge is 0.433 e. The number of alkyl halides is 3. The van der Waals surface area contributed by atoms with E-state index in [0.29, 0.717) is 25.4 Å². The lowest BCUT2D eigenvalue weighted by Crippen LogP contribution is -2.50. The first-order chi connectivity index (χ1) is 10.5. The predicted octanol–water partition coefficient (Wildman–Crippen LogP) is 2.41. The average Bonchev–Trinajstić information content (AvgIpc) is 2.46. The van der Waals surface area contributed by atoms with Crippen molar-refractivity contribution in [1.29, 1.82) is 0 Å². The molecule has 3 rings (SSSR count). The third-order valence-electron chi connectivity index (χ3n) is 3.29. The van der Waals surface area contributed by atoms with E-state index in [4.69, 9.17) is 4.74 Å². The number of aromatic nitrogens is 3. The molecule has 3 heterocycles. The highest BCUT2D eigenvalue weighted by molar-refractivity contribution is 5.35. The molecular weight excluding hydrogens is 297 g/mol. The molecule has 8 heteroatoms. The number of halogens is 3. The lowest BCUT2D eigenvalue weighted by molar-refractivity contribution is -0.141. The largest absolute Gasteiger partial charge is 0.492 e. The van der Waals surface area contributed by atoms with Gasteiger partial charge in [0.05, 0.1) is 12.8 Å². The zero-order chi connectivity index (χ0) is 15.6. The SMILES string of the molecule is FC(F)(F)c1ccnc(N2CC(COc3cccnc3)C2)n1. The number of nitrogens with zero attached hydrogens (tertiary/aromatic N) is 4. The second-order valence-corrected chi connectivity index (χ2v) is 5.01. The molecule has 1 fully saturated rings. The molecule has 0 N–H and O–H groups in total. The number of pyridine rings is 1. The lowest BCUT2D eigenvalue weighted by Gasteiger charge is -2.39. The Hall–Kier alpha value is -2.38. The van der Waals surface area contributed by atoms with Crippen LogP contribution in [0.5, 0.6) is 5.75 Å². The minimum atomic E-state index is -4.45. The fourth-order valence-electron chi connectivity index (χ4n) is 2.14. The highest BCUT2D eigenvalue weighted by Crippen LogP contribution is 2.29. The first-order valence-electron chi connectivity index (χ1n) is 6.70. The molecule has 0 radical (unpaired) electrons. The maximum Gasteiger partial charge on any atom is 0.433 e. The molecule has 0 amide bonds. The van der Waals surface area contributed by atoms with Crippen molar-refractivity contribution in [2.75, 3.05) is 24.6 Å². The van der Waals surface area contributed by atoms with E-state index in [1.54, 1.807) is 29.4 Å². The Morgan fingerprint density at radius 2 is 2.05 bits per heavy atom. The van der Waals surface area contributed by atoms with Gasteiger partial charge in [0.15, 0.2) is 0 Å². The van der Waals surface area contributed by atoms with Crippen LogP contribution in [0, 0.1) is 5.92 Å². The number of anilines is 1. The molecule has 2 aromatic heterocycles. The van der Waals surface area contributed by atoms with Crippen LogP contribution < -0.4 is 9.64 Å². The van der Waals surface area contributed by atoms with Gasteiger partial charge in [-0.1, -0.05) is 0 Å². The van der Waals surface area contributed by atoms with E-state index < -0.39 is 11.9 Å². The summed E-state index contributed by atoms with van der Waals surface area (Å²) in [6.45, 7) is 1.63. The third-order valence-corrected chi connectivity index (χ3v) is 3.29. The van der Waals surface area contributed by atoms with Crippen molar-refractivity contribution in [2.45, 2.75) is 6.18 Å². The lowest BCUT2D eigenvalue weighted by atomic mass is 10.0. The standard InChI is InChI=1S/C14H13F3N4O/c15-14(16,17)12-3-5-19-13(20-12)21-7-10(8-21)9-22-11-2-1-4-18-6-11/h1-6,10H,7-9H2. The second kappa shape index (κ2) is 5.78. The van der Waals surface area contributed by atoms with Crippen molar-refractivity contribution in [1.82, 2.24) is 15.0 Å². The Kier molecular flexibility index (Phi) is 3.82. The van der Waals surface area contributed by atoms with E-state index in [1.807, 2.05) is 0 Å². The number of hydrogen-bond donors (Lipinski definition) is 0. The molecule has 1 saturated heterocycles. The quantitative estimate of drug-likeness (QED) is 0.868. The van der Waals surface area contributed by atoms with Crippen LogP contribution in [0.1, 0.15) is 5.69 Å². The van der Waals surface area contributed by atoms with Gasteiger partial charge in [-0.2, -0.15) is 13.2 Å². The Morgan fingerprint density at radius 1 is 1.23 bits per heavy atom. The summed E-state index contributed by atoms with van der Waals surface area (Å²) < 4.78 is 43.4. The van der Waals surface area contributed by atoms with Crippen LogP contribution in [0.15, 0.2) is 36.8 Å². The van der Waals surface area contributed by atoms with Crippen molar-refractivity contribution in [2.24, 2.45) is 5.92 Å². The highest BCUT2D eigenvalue weighted by Gasteiger charge is 2.35. The summed E-state index contributed by atoms with van der Waals surface area (Å²) in [7, 11) is 0. The van der Waals surface area contributed by atoms with Gasteiger partial charge in [-0.25, -0.2) is 9.97 Å². The number of rotatable bonds is 4. The van der Waals surface area contributed by atoms with Gasteiger partial charge >= 0.3 is 6.18 Å². The molecule has 0 bridgehead atoms. The van der Waals surface area contributed by atoms with E-state index in [9.17, 15) is 13.2 Å². The summed E-state index contributed by atoms with van der Waals surface area (Å²) in [6.07, 6.45) is -0.0503. The third kappa shape index (κ3) is 3.26. The topological polar surface area (TPSA) is 51.1 Å². The second-order valence-electron chi connectivity index (χ2n) is 5.01. The molecule has 22 heavy (non-hydrogen) atoms. The first-order valence-corrected chi connectivity index (χ1v) is 6.70. The van der Waals surface area contributed by atoms with Gasteiger partial charge in [-0.05, 0) is 18.2 Å². The molecule has 0 saturated carbocycles. The van der Waals surface area contributed by atoms with Gasteiger partial charge in [-0.15, -0.1) is 0 Å². The van der Waals surface area contributed by atoms with Crippen molar-refractivity contribution < 1.29 is 17.9 Å². The van der Waals surface area contributed by atoms with E-state index in [1.165, 1.54) is 0 Å². The normalized spacial score (nSPS) is 15.5.